The van der Waals surface area contributed by atoms with Crippen LogP contribution in [0.15, 0.2) is 26.7 Å². The molecule has 0 bridgehead atoms. The molecule has 0 aliphatic heterocycles. The van der Waals surface area contributed by atoms with Gasteiger partial charge in [0.1, 0.15) is 10.5 Å². The number of pyridine rings is 1. The van der Waals surface area contributed by atoms with E-state index < -0.39 is 21.3 Å². The molecule has 0 aromatic carbocycles. The Morgan fingerprint density at radius 3 is 2.61 bits per heavy atom. The molecule has 23 heavy (non-hydrogen) atoms. The van der Waals surface area contributed by atoms with Gasteiger partial charge < -0.3 is 4.90 Å². The highest BCUT2D eigenvalue weighted by molar-refractivity contribution is 7.89. The summed E-state index contributed by atoms with van der Waals surface area (Å²) in [6.07, 6.45) is 2.60. The lowest BCUT2D eigenvalue weighted by atomic mass is 9.87. The highest BCUT2D eigenvalue weighted by Crippen LogP contribution is 2.25. The van der Waals surface area contributed by atoms with Crippen LogP contribution in [-0.4, -0.2) is 54.4 Å². The number of hydrogen-bond donors (Lipinski definition) is 3. The summed E-state index contributed by atoms with van der Waals surface area (Å²) in [5.74, 6) is 0. The van der Waals surface area contributed by atoms with E-state index in [0.29, 0.717) is 6.04 Å². The zero-order valence-corrected chi connectivity index (χ0v) is 13.5. The molecule has 0 radical (unpaired) electrons. The van der Waals surface area contributed by atoms with Crippen LogP contribution in [0, 0.1) is 0 Å². The zero-order valence-electron chi connectivity index (χ0n) is 12.7. The van der Waals surface area contributed by atoms with Crippen molar-refractivity contribution in [3.8, 4) is 0 Å². The van der Waals surface area contributed by atoms with Crippen LogP contribution in [0.2, 0.25) is 0 Å². The largest absolute Gasteiger partial charge is 0.327 e. The van der Waals surface area contributed by atoms with Crippen molar-refractivity contribution >= 4 is 21.1 Å². The van der Waals surface area contributed by atoms with Crippen LogP contribution in [-0.2, 0) is 10.0 Å². The average molecular weight is 339 g/mol. The smallest absolute Gasteiger partial charge is 0.306 e. The van der Waals surface area contributed by atoms with Crippen LogP contribution >= 0.6 is 0 Å². The van der Waals surface area contributed by atoms with Crippen LogP contribution in [0.1, 0.15) is 12.8 Å². The molecule has 0 saturated heterocycles. The molecule has 2 aromatic heterocycles. The minimum atomic E-state index is -3.76. The zero-order chi connectivity index (χ0) is 16.8. The Labute approximate surface area is 131 Å². The van der Waals surface area contributed by atoms with Crippen molar-refractivity contribution in [1.29, 1.82) is 0 Å². The molecule has 0 atom stereocenters. The SMILES string of the molecule is CN(C)C1CC(NS(=O)(=O)c2cnc3[nH]c(=O)[nH]c(=O)c3c2)C1. The fourth-order valence-electron chi connectivity index (χ4n) is 2.57. The summed E-state index contributed by atoms with van der Waals surface area (Å²) >= 11 is 0. The van der Waals surface area contributed by atoms with Gasteiger partial charge in [0.2, 0.25) is 10.0 Å². The number of aromatic nitrogens is 3. The van der Waals surface area contributed by atoms with Crippen LogP contribution in [0.4, 0.5) is 0 Å². The summed E-state index contributed by atoms with van der Waals surface area (Å²) < 4.78 is 27.4. The third-order valence-corrected chi connectivity index (χ3v) is 5.53. The maximum atomic E-state index is 12.4. The predicted octanol–water partition coefficient (Wildman–Crippen LogP) is -1.02. The fourth-order valence-corrected chi connectivity index (χ4v) is 3.80. The number of rotatable bonds is 4. The summed E-state index contributed by atoms with van der Waals surface area (Å²) in [4.78, 5) is 33.1. The molecule has 0 spiro atoms. The first kappa shape index (κ1) is 15.8. The van der Waals surface area contributed by atoms with Crippen molar-refractivity contribution in [3.63, 3.8) is 0 Å². The van der Waals surface area contributed by atoms with E-state index in [4.69, 9.17) is 0 Å². The van der Waals surface area contributed by atoms with Crippen molar-refractivity contribution in [2.24, 2.45) is 0 Å². The highest BCUT2D eigenvalue weighted by Gasteiger charge is 2.34. The molecular formula is C13H17N5O4S. The molecule has 3 rings (SSSR count). The van der Waals surface area contributed by atoms with E-state index in [1.54, 1.807) is 0 Å². The van der Waals surface area contributed by atoms with Crippen molar-refractivity contribution in [3.05, 3.63) is 33.1 Å². The second-order valence-electron chi connectivity index (χ2n) is 5.88. The van der Waals surface area contributed by atoms with Crippen molar-refractivity contribution in [1.82, 2.24) is 24.6 Å². The predicted molar refractivity (Wildman–Crippen MR) is 83.8 cm³/mol. The fraction of sp³-hybridized carbons (Fsp3) is 0.462. The molecular weight excluding hydrogens is 322 g/mol. The first-order chi connectivity index (χ1) is 10.8. The van der Waals surface area contributed by atoms with Gasteiger partial charge in [-0.1, -0.05) is 0 Å². The summed E-state index contributed by atoms with van der Waals surface area (Å²) in [7, 11) is 0.144. The third kappa shape index (κ3) is 3.05. The van der Waals surface area contributed by atoms with Gasteiger partial charge in [-0.15, -0.1) is 0 Å². The number of fused-ring (bicyclic) bond motifs is 1. The minimum absolute atomic E-state index is 0.0206. The number of aromatic amines is 2. The van der Waals surface area contributed by atoms with Gasteiger partial charge in [0.15, 0.2) is 0 Å². The number of nitrogens with zero attached hydrogens (tertiary/aromatic N) is 2. The number of H-pyrrole nitrogens is 2. The van der Waals surface area contributed by atoms with Crippen molar-refractivity contribution < 1.29 is 8.42 Å². The Morgan fingerprint density at radius 2 is 1.96 bits per heavy atom. The Kier molecular flexibility index (Phi) is 3.82. The minimum Gasteiger partial charge on any atom is -0.306 e. The van der Waals surface area contributed by atoms with Gasteiger partial charge >= 0.3 is 5.69 Å². The van der Waals surface area contributed by atoms with Crippen molar-refractivity contribution in [2.45, 2.75) is 29.8 Å². The Morgan fingerprint density at radius 1 is 1.26 bits per heavy atom. The van der Waals surface area contributed by atoms with E-state index in [1.165, 1.54) is 6.07 Å². The topological polar surface area (TPSA) is 128 Å². The van der Waals surface area contributed by atoms with Crippen molar-refractivity contribution in [2.75, 3.05) is 14.1 Å². The van der Waals surface area contributed by atoms with Gasteiger partial charge in [0, 0.05) is 18.3 Å². The summed E-state index contributed by atoms with van der Waals surface area (Å²) in [5, 5.41) is 0.0206. The molecule has 1 aliphatic carbocycles. The van der Waals surface area contributed by atoms with E-state index in [-0.39, 0.29) is 22.0 Å². The molecule has 2 aromatic rings. The third-order valence-electron chi connectivity index (χ3n) is 4.04. The molecule has 9 nitrogen and oxygen atoms in total. The van der Waals surface area contributed by atoms with Crippen LogP contribution in [0.5, 0.6) is 0 Å². The van der Waals surface area contributed by atoms with Gasteiger partial charge in [-0.3, -0.25) is 14.8 Å². The quantitative estimate of drug-likeness (QED) is 0.654. The van der Waals surface area contributed by atoms with Gasteiger partial charge in [-0.05, 0) is 33.0 Å². The first-order valence-electron chi connectivity index (χ1n) is 7.07. The lowest BCUT2D eigenvalue weighted by Crippen LogP contribution is -2.51. The monoisotopic (exact) mass is 339 g/mol. The molecule has 0 amide bonds. The normalized spacial score (nSPS) is 21.5. The maximum absolute atomic E-state index is 12.4. The summed E-state index contributed by atoms with van der Waals surface area (Å²) in [6, 6.07) is 1.45. The van der Waals surface area contributed by atoms with E-state index in [0.717, 1.165) is 19.0 Å². The average Bonchev–Trinajstić information content (AvgIpc) is 2.41. The molecule has 124 valence electrons. The second-order valence-corrected chi connectivity index (χ2v) is 7.60. The molecule has 10 heteroatoms. The summed E-state index contributed by atoms with van der Waals surface area (Å²) in [6.45, 7) is 0. The first-order valence-corrected chi connectivity index (χ1v) is 8.56. The highest BCUT2D eigenvalue weighted by atomic mass is 32.2. The van der Waals surface area contributed by atoms with E-state index >= 15 is 0 Å². The molecule has 1 fully saturated rings. The maximum Gasteiger partial charge on any atom is 0.327 e. The summed E-state index contributed by atoms with van der Waals surface area (Å²) in [5.41, 5.74) is -1.31. The van der Waals surface area contributed by atoms with Gasteiger partial charge in [-0.25, -0.2) is 22.9 Å². The van der Waals surface area contributed by atoms with Crippen LogP contribution in [0.25, 0.3) is 11.0 Å². The Hall–Kier alpha value is -2.04. The van der Waals surface area contributed by atoms with Gasteiger partial charge in [0.25, 0.3) is 5.56 Å². The molecule has 1 aliphatic rings. The number of sulfonamides is 1. The van der Waals surface area contributed by atoms with E-state index in [1.807, 2.05) is 19.1 Å². The molecule has 3 N–H and O–H groups in total. The van der Waals surface area contributed by atoms with Crippen LogP contribution in [0.3, 0.4) is 0 Å². The lowest BCUT2D eigenvalue weighted by molar-refractivity contribution is 0.159. The van der Waals surface area contributed by atoms with Gasteiger partial charge in [0.05, 0.1) is 5.39 Å². The van der Waals surface area contributed by atoms with E-state index in [9.17, 15) is 18.0 Å². The Balaban J connectivity index is 1.87. The standard InChI is InChI=1S/C13H17N5O4S/c1-18(2)8-3-7(4-8)17-23(21,22)9-5-10-11(14-6-9)15-13(20)16-12(10)19/h5-8,17H,3-4H2,1-2H3,(H2,14,15,16,19,20). The van der Waals surface area contributed by atoms with E-state index in [2.05, 4.69) is 19.6 Å². The van der Waals surface area contributed by atoms with Crippen LogP contribution < -0.4 is 16.0 Å². The van der Waals surface area contributed by atoms with Gasteiger partial charge in [-0.2, -0.15) is 0 Å². The molecule has 0 unspecified atom stereocenters. The molecule has 1 saturated carbocycles. The second kappa shape index (κ2) is 5.55. The number of hydrogen-bond acceptors (Lipinski definition) is 6. The lowest BCUT2D eigenvalue weighted by Gasteiger charge is -2.39. The Bertz CT molecular complexity index is 956. The number of nitrogens with one attached hydrogen (secondary N) is 3. The molecule has 2 heterocycles.